The highest BCUT2D eigenvalue weighted by Crippen LogP contribution is 2.28. The number of amides is 1. The first kappa shape index (κ1) is 48.3. The molecule has 1 rings (SSSR count). The number of hydroxylamine groups is 2. The van der Waals surface area contributed by atoms with Crippen molar-refractivity contribution in [3.05, 3.63) is 0 Å². The molecule has 0 aromatic rings. The predicted octanol–water partition coefficient (Wildman–Crippen LogP) is 11.5. The average molecular weight is 745 g/mol. The molecule has 0 aromatic heterocycles. The lowest BCUT2D eigenvalue weighted by atomic mass is 10.0. The molecule has 304 valence electrons. The zero-order valence-corrected chi connectivity index (χ0v) is 35.2. The van der Waals surface area contributed by atoms with Crippen LogP contribution in [-0.4, -0.2) is 70.4 Å². The summed E-state index contributed by atoms with van der Waals surface area (Å²) in [6, 6.07) is 0. The number of carbonyl (C=O) groups excluding carboxylic acids is 1. The van der Waals surface area contributed by atoms with Gasteiger partial charge in [0, 0.05) is 12.8 Å². The van der Waals surface area contributed by atoms with Gasteiger partial charge in [-0.2, -0.15) is 8.42 Å². The van der Waals surface area contributed by atoms with Gasteiger partial charge in [-0.1, -0.05) is 194 Å². The van der Waals surface area contributed by atoms with E-state index in [2.05, 4.69) is 30.4 Å². The third-order valence-corrected chi connectivity index (χ3v) is 12.1. The third-order valence-electron chi connectivity index (χ3n) is 11.3. The molecule has 2 unspecified atom stereocenters. The Bertz CT molecular complexity index is 905. The van der Waals surface area contributed by atoms with Crippen molar-refractivity contribution >= 4 is 16.3 Å². The van der Waals surface area contributed by atoms with Gasteiger partial charge >= 0.3 is 10.4 Å². The maximum atomic E-state index is 12.6. The molecule has 1 N–H and O–H groups in total. The quantitative estimate of drug-likeness (QED) is 0.0500. The van der Waals surface area contributed by atoms with Gasteiger partial charge in [-0.25, -0.2) is 0 Å². The molecule has 1 aliphatic rings. The van der Waals surface area contributed by atoms with Gasteiger partial charge in [0.05, 0.1) is 40.3 Å². The van der Waals surface area contributed by atoms with Gasteiger partial charge in [0.2, 0.25) is 5.91 Å². The molecular weight excluding hydrogens is 659 g/mol. The van der Waals surface area contributed by atoms with Crippen LogP contribution in [0.15, 0.2) is 0 Å². The molecule has 8 nitrogen and oxygen atoms in total. The first-order valence-electron chi connectivity index (χ1n) is 22.2. The number of nitrogens with zero attached hydrogens (tertiary/aromatic N) is 2. The van der Waals surface area contributed by atoms with Crippen LogP contribution < -0.4 is 5.32 Å². The molecule has 1 aliphatic heterocycles. The smallest absolute Gasteiger partial charge is 0.350 e. The molecule has 0 bridgehead atoms. The number of quaternary nitrogens is 1. The molecule has 0 aliphatic carbocycles. The molecule has 1 heterocycles. The Morgan fingerprint density at radius 2 is 1.00 bits per heavy atom. The minimum Gasteiger partial charge on any atom is -0.350 e. The summed E-state index contributed by atoms with van der Waals surface area (Å²) < 4.78 is 35.0. The highest BCUT2D eigenvalue weighted by Gasteiger charge is 2.45. The SMILES string of the molecule is CCCCCCCCCCCCCCCCCC(=O)NCC[N+]1(C)CCN(OS(=O)(=O)OC)C1CCCCCCCCCCCCCCCCC. The lowest BCUT2D eigenvalue weighted by Gasteiger charge is -2.37. The Morgan fingerprint density at radius 1 is 0.627 bits per heavy atom. The summed E-state index contributed by atoms with van der Waals surface area (Å²) >= 11 is 0. The highest BCUT2D eigenvalue weighted by atomic mass is 32.3. The Balaban J connectivity index is 2.20. The van der Waals surface area contributed by atoms with E-state index in [9.17, 15) is 13.2 Å². The van der Waals surface area contributed by atoms with Crippen LogP contribution in [-0.2, 0) is 23.7 Å². The number of rotatable bonds is 38. The van der Waals surface area contributed by atoms with E-state index in [4.69, 9.17) is 4.28 Å². The molecule has 9 heteroatoms. The summed E-state index contributed by atoms with van der Waals surface area (Å²) in [7, 11) is -0.760. The fourth-order valence-corrected chi connectivity index (χ4v) is 8.25. The summed E-state index contributed by atoms with van der Waals surface area (Å²) in [5, 5.41) is 4.76. The van der Waals surface area contributed by atoms with E-state index >= 15 is 0 Å². The number of hydrogen-bond acceptors (Lipinski definition) is 6. The Labute approximate surface area is 317 Å². The average Bonchev–Trinajstić information content (AvgIpc) is 3.41. The van der Waals surface area contributed by atoms with Crippen LogP contribution in [0.2, 0.25) is 0 Å². The Kier molecular flexibility index (Phi) is 30.9. The van der Waals surface area contributed by atoms with Gasteiger partial charge in [0.1, 0.15) is 0 Å². The molecule has 1 saturated heterocycles. The van der Waals surface area contributed by atoms with Crippen molar-refractivity contribution < 1.29 is 26.2 Å². The van der Waals surface area contributed by atoms with Gasteiger partial charge in [0.15, 0.2) is 6.17 Å². The zero-order valence-electron chi connectivity index (χ0n) is 34.4. The van der Waals surface area contributed by atoms with Gasteiger partial charge in [0.25, 0.3) is 0 Å². The molecule has 0 spiro atoms. The summed E-state index contributed by atoms with van der Waals surface area (Å²) in [4.78, 5) is 12.6. The van der Waals surface area contributed by atoms with Crippen LogP contribution in [0, 0.1) is 0 Å². The topological polar surface area (TPSA) is 84.9 Å². The molecule has 1 fully saturated rings. The van der Waals surface area contributed by atoms with E-state index in [1.807, 2.05) is 0 Å². The first-order chi connectivity index (χ1) is 24.8. The van der Waals surface area contributed by atoms with Gasteiger partial charge in [-0.3, -0.25) is 8.98 Å². The van der Waals surface area contributed by atoms with E-state index < -0.39 is 10.4 Å². The van der Waals surface area contributed by atoms with Crippen molar-refractivity contribution in [3.8, 4) is 0 Å². The van der Waals surface area contributed by atoms with E-state index in [0.717, 1.165) is 52.3 Å². The van der Waals surface area contributed by atoms with E-state index in [-0.39, 0.29) is 12.1 Å². The summed E-state index contributed by atoms with van der Waals surface area (Å²) in [6.45, 7) is 7.20. The van der Waals surface area contributed by atoms with Crippen molar-refractivity contribution in [2.75, 3.05) is 40.3 Å². The molecule has 0 radical (unpaired) electrons. The van der Waals surface area contributed by atoms with Crippen molar-refractivity contribution in [2.24, 2.45) is 0 Å². The zero-order chi connectivity index (χ0) is 37.3. The van der Waals surface area contributed by atoms with Gasteiger partial charge in [-0.05, 0) is 12.8 Å². The summed E-state index contributed by atoms with van der Waals surface area (Å²) in [6.07, 6.45) is 41.0. The maximum Gasteiger partial charge on any atom is 0.416 e. The van der Waals surface area contributed by atoms with Gasteiger partial charge in [-0.15, -0.1) is 9.35 Å². The van der Waals surface area contributed by atoms with E-state index in [0.29, 0.717) is 24.0 Å². The normalized spacial score (nSPS) is 18.2. The van der Waals surface area contributed by atoms with Crippen LogP contribution in [0.25, 0.3) is 0 Å². The van der Waals surface area contributed by atoms with Gasteiger partial charge < -0.3 is 9.80 Å². The third kappa shape index (κ3) is 26.6. The summed E-state index contributed by atoms with van der Waals surface area (Å²) in [5.74, 6) is 0.129. The maximum absolute atomic E-state index is 12.6. The largest absolute Gasteiger partial charge is 0.416 e. The number of carbonyl (C=O) groups is 1. The van der Waals surface area contributed by atoms with E-state index in [1.54, 1.807) is 5.06 Å². The molecular formula is C42H86N3O5S+. The molecule has 1 amide bonds. The van der Waals surface area contributed by atoms with Crippen molar-refractivity contribution in [3.63, 3.8) is 0 Å². The monoisotopic (exact) mass is 745 g/mol. The fraction of sp³-hybridized carbons (Fsp3) is 0.976. The molecule has 0 saturated carbocycles. The van der Waals surface area contributed by atoms with Crippen LogP contribution in [0.5, 0.6) is 0 Å². The van der Waals surface area contributed by atoms with Crippen molar-refractivity contribution in [1.82, 2.24) is 10.4 Å². The standard InChI is InChI=1S/C42H85N3O5S/c1-5-7-9-11-13-15-17-19-21-23-25-27-29-31-33-35-41(46)43-37-39-45(3)40-38-44(50-51(47,48)49-4)42(45)36-34-32-30-28-26-24-22-20-18-16-14-12-10-8-6-2/h42H,5-40H2,1-4H3/p+1. The summed E-state index contributed by atoms with van der Waals surface area (Å²) in [5.41, 5.74) is 0. The minimum atomic E-state index is -4.06. The number of likely N-dealkylation sites (N-methyl/N-ethyl adjacent to an activating group) is 1. The second-order valence-electron chi connectivity index (χ2n) is 16.0. The first-order valence-corrected chi connectivity index (χ1v) is 23.5. The van der Waals surface area contributed by atoms with Crippen molar-refractivity contribution in [2.45, 2.75) is 225 Å². The minimum absolute atomic E-state index is 0.0793. The molecule has 0 aromatic carbocycles. The number of unbranched alkanes of at least 4 members (excludes halogenated alkanes) is 28. The molecule has 51 heavy (non-hydrogen) atoms. The van der Waals surface area contributed by atoms with Crippen LogP contribution >= 0.6 is 0 Å². The number of nitrogens with one attached hydrogen (secondary N) is 1. The van der Waals surface area contributed by atoms with E-state index in [1.165, 1.54) is 167 Å². The lowest BCUT2D eigenvalue weighted by molar-refractivity contribution is -0.928. The fourth-order valence-electron chi connectivity index (χ4n) is 7.78. The highest BCUT2D eigenvalue weighted by molar-refractivity contribution is 7.81. The lowest BCUT2D eigenvalue weighted by Crippen LogP contribution is -2.55. The van der Waals surface area contributed by atoms with Crippen LogP contribution in [0.3, 0.4) is 0 Å². The Hall–Kier alpha value is -0.740. The second-order valence-corrected chi connectivity index (χ2v) is 17.3. The van der Waals surface area contributed by atoms with Crippen LogP contribution in [0.4, 0.5) is 0 Å². The van der Waals surface area contributed by atoms with Crippen molar-refractivity contribution in [1.29, 1.82) is 0 Å². The molecule has 2 atom stereocenters. The Morgan fingerprint density at radius 3 is 1.39 bits per heavy atom. The second kappa shape index (κ2) is 32.7. The number of hydrogen-bond donors (Lipinski definition) is 1. The predicted molar refractivity (Wildman–Crippen MR) is 216 cm³/mol. The van der Waals surface area contributed by atoms with Crippen LogP contribution in [0.1, 0.15) is 219 Å².